The third kappa shape index (κ3) is 3.83. The molecule has 0 aliphatic carbocycles. The topological polar surface area (TPSA) is 57.4 Å². The Hall–Kier alpha value is -2.18. The van der Waals surface area contributed by atoms with Gasteiger partial charge in [-0.15, -0.1) is 10.2 Å². The zero-order chi connectivity index (χ0) is 16.9. The predicted octanol–water partition coefficient (Wildman–Crippen LogP) is 4.70. The molecule has 0 spiro atoms. The molecule has 0 bridgehead atoms. The summed E-state index contributed by atoms with van der Waals surface area (Å²) in [5.74, 6) is 2.63. The number of ether oxygens (including phenoxy) is 2. The second-order valence-electron chi connectivity index (χ2n) is 4.85. The van der Waals surface area contributed by atoms with Crippen LogP contribution in [0, 0.1) is 0 Å². The summed E-state index contributed by atoms with van der Waals surface area (Å²) in [6.45, 7) is 0. The van der Waals surface area contributed by atoms with Gasteiger partial charge in [-0.3, -0.25) is 0 Å². The molecule has 0 fully saturated rings. The molecular weight excluding hydrogens is 348 g/mol. The van der Waals surface area contributed by atoms with Crippen molar-refractivity contribution >= 4 is 23.4 Å². The molecule has 0 atom stereocenters. The van der Waals surface area contributed by atoms with Gasteiger partial charge < -0.3 is 13.9 Å². The Kier molecular flexibility index (Phi) is 5.27. The molecule has 0 radical (unpaired) electrons. The number of aromatic nitrogens is 2. The lowest BCUT2D eigenvalue weighted by Crippen LogP contribution is -1.92. The first kappa shape index (κ1) is 16.7. The lowest BCUT2D eigenvalue weighted by molar-refractivity contribution is 0.400. The quantitative estimate of drug-likeness (QED) is 0.592. The monoisotopic (exact) mass is 362 g/mol. The van der Waals surface area contributed by atoms with Gasteiger partial charge in [-0.1, -0.05) is 29.4 Å². The van der Waals surface area contributed by atoms with E-state index in [9.17, 15) is 0 Å². The predicted molar refractivity (Wildman–Crippen MR) is 93.9 cm³/mol. The van der Waals surface area contributed by atoms with Crippen LogP contribution in [-0.4, -0.2) is 24.4 Å². The molecule has 0 N–H and O–H groups in total. The lowest BCUT2D eigenvalue weighted by atomic mass is 10.2. The summed E-state index contributed by atoms with van der Waals surface area (Å²) in [4.78, 5) is 0. The Balaban J connectivity index is 1.74. The highest BCUT2D eigenvalue weighted by Gasteiger charge is 2.12. The van der Waals surface area contributed by atoms with Crippen molar-refractivity contribution in [3.8, 4) is 23.0 Å². The Bertz CT molecular complexity index is 838. The summed E-state index contributed by atoms with van der Waals surface area (Å²) in [6, 6.07) is 13.0. The van der Waals surface area contributed by atoms with Crippen LogP contribution in [0.15, 0.2) is 52.1 Å². The van der Waals surface area contributed by atoms with E-state index in [0.717, 1.165) is 22.6 Å². The summed E-state index contributed by atoms with van der Waals surface area (Å²) >= 11 is 7.42. The van der Waals surface area contributed by atoms with Gasteiger partial charge in [-0.2, -0.15) is 0 Å². The van der Waals surface area contributed by atoms with Crippen LogP contribution < -0.4 is 9.47 Å². The number of nitrogens with zero attached hydrogens (tertiary/aromatic N) is 2. The van der Waals surface area contributed by atoms with Gasteiger partial charge in [-0.05, 0) is 36.4 Å². The zero-order valence-corrected chi connectivity index (χ0v) is 14.7. The SMILES string of the molecule is COc1ccc(OC)c(CSc2nnc(-c3cccc(Cl)c3)o2)c1. The Labute approximate surface area is 148 Å². The normalized spacial score (nSPS) is 10.6. The van der Waals surface area contributed by atoms with Crippen molar-refractivity contribution in [3.63, 3.8) is 0 Å². The molecule has 24 heavy (non-hydrogen) atoms. The molecule has 2 aromatic carbocycles. The third-order valence-corrected chi connectivity index (χ3v) is 4.42. The van der Waals surface area contributed by atoms with Crippen molar-refractivity contribution in [1.82, 2.24) is 10.2 Å². The Morgan fingerprint density at radius 2 is 1.96 bits per heavy atom. The van der Waals surface area contributed by atoms with Gasteiger partial charge >= 0.3 is 0 Å². The number of hydrogen-bond acceptors (Lipinski definition) is 6. The second kappa shape index (κ2) is 7.59. The molecule has 0 saturated heterocycles. The van der Waals surface area contributed by atoms with Crippen LogP contribution in [0.1, 0.15) is 5.56 Å². The maximum absolute atomic E-state index is 5.98. The lowest BCUT2D eigenvalue weighted by Gasteiger charge is -2.09. The third-order valence-electron chi connectivity index (χ3n) is 3.32. The molecule has 0 aliphatic rings. The Morgan fingerprint density at radius 3 is 2.71 bits per heavy atom. The van der Waals surface area contributed by atoms with E-state index in [-0.39, 0.29) is 0 Å². The van der Waals surface area contributed by atoms with E-state index in [0.29, 0.717) is 21.9 Å². The highest BCUT2D eigenvalue weighted by Crippen LogP contribution is 2.31. The van der Waals surface area contributed by atoms with E-state index in [1.165, 1.54) is 11.8 Å². The van der Waals surface area contributed by atoms with E-state index in [1.54, 1.807) is 26.4 Å². The summed E-state index contributed by atoms with van der Waals surface area (Å²) < 4.78 is 16.3. The van der Waals surface area contributed by atoms with Gasteiger partial charge in [-0.25, -0.2) is 0 Å². The number of halogens is 1. The first-order valence-corrected chi connectivity index (χ1v) is 8.49. The molecule has 1 aromatic heterocycles. The average Bonchev–Trinajstić information content (AvgIpc) is 3.08. The second-order valence-corrected chi connectivity index (χ2v) is 6.21. The van der Waals surface area contributed by atoms with Gasteiger partial charge in [0.15, 0.2) is 0 Å². The van der Waals surface area contributed by atoms with Gasteiger partial charge in [0, 0.05) is 21.9 Å². The zero-order valence-electron chi connectivity index (χ0n) is 13.2. The Morgan fingerprint density at radius 1 is 1.08 bits per heavy atom. The molecule has 7 heteroatoms. The minimum absolute atomic E-state index is 0.442. The van der Waals surface area contributed by atoms with Crippen molar-refractivity contribution in [2.45, 2.75) is 11.0 Å². The number of hydrogen-bond donors (Lipinski definition) is 0. The molecule has 0 unspecified atom stereocenters. The first-order valence-electron chi connectivity index (χ1n) is 7.12. The van der Waals surface area contributed by atoms with E-state index in [4.69, 9.17) is 25.5 Å². The van der Waals surface area contributed by atoms with E-state index >= 15 is 0 Å². The molecule has 5 nitrogen and oxygen atoms in total. The smallest absolute Gasteiger partial charge is 0.277 e. The van der Waals surface area contributed by atoms with E-state index < -0.39 is 0 Å². The van der Waals surface area contributed by atoms with E-state index in [1.807, 2.05) is 30.3 Å². The number of methoxy groups -OCH3 is 2. The van der Waals surface area contributed by atoms with Crippen molar-refractivity contribution in [2.24, 2.45) is 0 Å². The van der Waals surface area contributed by atoms with Crippen LogP contribution in [0.5, 0.6) is 11.5 Å². The summed E-state index contributed by atoms with van der Waals surface area (Å²) in [5, 5.41) is 9.24. The van der Waals surface area contributed by atoms with Crippen LogP contribution in [-0.2, 0) is 5.75 Å². The van der Waals surface area contributed by atoms with Crippen molar-refractivity contribution in [2.75, 3.05) is 14.2 Å². The molecule has 124 valence electrons. The molecule has 3 rings (SSSR count). The molecule has 0 saturated carbocycles. The summed E-state index contributed by atoms with van der Waals surface area (Å²) in [6.07, 6.45) is 0. The van der Waals surface area contributed by atoms with E-state index in [2.05, 4.69) is 10.2 Å². The highest BCUT2D eigenvalue weighted by molar-refractivity contribution is 7.98. The summed E-state index contributed by atoms with van der Waals surface area (Å²) in [5.41, 5.74) is 1.78. The molecule has 1 heterocycles. The fourth-order valence-corrected chi connectivity index (χ4v) is 3.07. The van der Waals surface area contributed by atoms with Crippen LogP contribution in [0.2, 0.25) is 5.02 Å². The number of thioether (sulfide) groups is 1. The molecular formula is C17H15ClN2O3S. The van der Waals surface area contributed by atoms with Gasteiger partial charge in [0.25, 0.3) is 5.22 Å². The molecule has 0 amide bonds. The maximum Gasteiger partial charge on any atom is 0.277 e. The maximum atomic E-state index is 5.98. The van der Waals surface area contributed by atoms with Crippen molar-refractivity contribution in [1.29, 1.82) is 0 Å². The fraction of sp³-hybridized carbons (Fsp3) is 0.176. The van der Waals surface area contributed by atoms with Crippen LogP contribution in [0.3, 0.4) is 0 Å². The van der Waals surface area contributed by atoms with Crippen LogP contribution in [0.25, 0.3) is 11.5 Å². The van der Waals surface area contributed by atoms with Crippen molar-refractivity contribution < 1.29 is 13.9 Å². The van der Waals surface area contributed by atoms with Gasteiger partial charge in [0.2, 0.25) is 5.89 Å². The number of rotatable bonds is 6. The minimum atomic E-state index is 0.442. The number of benzene rings is 2. The highest BCUT2D eigenvalue weighted by atomic mass is 35.5. The standard InChI is InChI=1S/C17H15ClN2O3S/c1-21-14-6-7-15(22-2)12(9-14)10-24-17-20-19-16(23-17)11-4-3-5-13(18)8-11/h3-9H,10H2,1-2H3. The fourth-order valence-electron chi connectivity index (χ4n) is 2.14. The van der Waals surface area contributed by atoms with Crippen LogP contribution in [0.4, 0.5) is 0 Å². The average molecular weight is 363 g/mol. The molecule has 3 aromatic rings. The minimum Gasteiger partial charge on any atom is -0.497 e. The van der Waals surface area contributed by atoms with Gasteiger partial charge in [0.1, 0.15) is 11.5 Å². The molecule has 0 aliphatic heterocycles. The van der Waals surface area contributed by atoms with Crippen molar-refractivity contribution in [3.05, 3.63) is 53.1 Å². The first-order chi connectivity index (χ1) is 11.7. The van der Waals surface area contributed by atoms with Crippen LogP contribution >= 0.6 is 23.4 Å². The largest absolute Gasteiger partial charge is 0.497 e. The summed E-state index contributed by atoms with van der Waals surface area (Å²) in [7, 11) is 3.27. The van der Waals surface area contributed by atoms with Gasteiger partial charge in [0.05, 0.1) is 14.2 Å².